The van der Waals surface area contributed by atoms with E-state index in [9.17, 15) is 9.59 Å². The molecule has 1 aliphatic heterocycles. The van der Waals surface area contributed by atoms with Gasteiger partial charge in [-0.25, -0.2) is 4.79 Å². The second-order valence-electron chi connectivity index (χ2n) is 10.1. The molecular formula is C25H31BN2O5. The molecule has 0 radical (unpaired) electrons. The minimum atomic E-state index is -0.998. The number of nitrogens with one attached hydrogen (secondary N) is 1. The van der Waals surface area contributed by atoms with Crippen molar-refractivity contribution in [2.45, 2.75) is 70.5 Å². The molecule has 1 aromatic carbocycles. The fourth-order valence-electron chi connectivity index (χ4n) is 4.09. The van der Waals surface area contributed by atoms with Crippen molar-refractivity contribution in [2.75, 3.05) is 5.32 Å². The van der Waals surface area contributed by atoms with Crippen LogP contribution in [0.5, 0.6) is 0 Å². The minimum absolute atomic E-state index is 0.138. The van der Waals surface area contributed by atoms with E-state index >= 15 is 0 Å². The SMILES string of the molecule is CC1(C)OB(c2ccc(C(CC3CCC3)C(=O)Nc3ccc(C(=O)O)cc3)nc2)OC1(C)C. The molecule has 1 saturated carbocycles. The molecule has 1 saturated heterocycles. The summed E-state index contributed by atoms with van der Waals surface area (Å²) >= 11 is 0. The van der Waals surface area contributed by atoms with Gasteiger partial charge < -0.3 is 19.7 Å². The summed E-state index contributed by atoms with van der Waals surface area (Å²) < 4.78 is 12.2. The maximum atomic E-state index is 13.2. The standard InChI is InChI=1S/C25H31BN2O5/c1-24(2)25(3,4)33-26(32-24)18-10-13-21(27-15-18)20(14-16-6-5-7-16)22(29)28-19-11-8-17(9-12-19)23(30)31/h8-13,15-16,20H,5-7,14H2,1-4H3,(H,28,29)(H,30,31). The number of nitrogens with zero attached hydrogens (tertiary/aromatic N) is 1. The maximum Gasteiger partial charge on any atom is 0.496 e. The van der Waals surface area contributed by atoms with Gasteiger partial charge in [0, 0.05) is 17.3 Å². The average Bonchev–Trinajstić information content (AvgIpc) is 2.95. The van der Waals surface area contributed by atoms with Gasteiger partial charge in [0.15, 0.2) is 0 Å². The molecule has 7 nitrogen and oxygen atoms in total. The van der Waals surface area contributed by atoms with Crippen LogP contribution in [0, 0.1) is 5.92 Å². The van der Waals surface area contributed by atoms with Gasteiger partial charge in [-0.3, -0.25) is 9.78 Å². The van der Waals surface area contributed by atoms with Crippen LogP contribution in [0.15, 0.2) is 42.6 Å². The molecular weight excluding hydrogens is 419 g/mol. The van der Waals surface area contributed by atoms with E-state index in [1.807, 2.05) is 39.8 Å². The zero-order valence-electron chi connectivity index (χ0n) is 19.6. The summed E-state index contributed by atoms with van der Waals surface area (Å²) in [6, 6.07) is 9.99. The first-order valence-corrected chi connectivity index (χ1v) is 11.5. The van der Waals surface area contributed by atoms with Crippen LogP contribution in [-0.2, 0) is 14.1 Å². The number of pyridine rings is 1. The van der Waals surface area contributed by atoms with E-state index in [1.54, 1.807) is 18.3 Å². The molecule has 0 spiro atoms. The Morgan fingerprint density at radius 1 is 1.09 bits per heavy atom. The van der Waals surface area contributed by atoms with Crippen molar-refractivity contribution in [3.63, 3.8) is 0 Å². The van der Waals surface area contributed by atoms with Crippen molar-refractivity contribution < 1.29 is 24.0 Å². The Balaban J connectivity index is 1.50. The molecule has 1 unspecified atom stereocenters. The fourth-order valence-corrected chi connectivity index (χ4v) is 4.09. The van der Waals surface area contributed by atoms with Crippen LogP contribution in [0.2, 0.25) is 0 Å². The van der Waals surface area contributed by atoms with Gasteiger partial charge in [-0.05, 0) is 70.4 Å². The number of carbonyl (C=O) groups is 2. The van der Waals surface area contributed by atoms with E-state index in [0.29, 0.717) is 17.3 Å². The van der Waals surface area contributed by atoms with Crippen LogP contribution >= 0.6 is 0 Å². The molecule has 1 aliphatic carbocycles. The number of rotatable bonds is 7. The number of anilines is 1. The molecule has 2 aromatic rings. The summed E-state index contributed by atoms with van der Waals surface area (Å²) in [5.41, 5.74) is 1.42. The largest absolute Gasteiger partial charge is 0.496 e. The van der Waals surface area contributed by atoms with E-state index in [2.05, 4.69) is 10.3 Å². The van der Waals surface area contributed by atoms with Crippen molar-refractivity contribution in [1.82, 2.24) is 4.98 Å². The van der Waals surface area contributed by atoms with Gasteiger partial charge in [0.1, 0.15) is 0 Å². The quantitative estimate of drug-likeness (QED) is 0.619. The number of aromatic carboxylic acids is 1. The molecule has 1 aromatic heterocycles. The zero-order chi connectivity index (χ0) is 23.8. The number of hydrogen-bond acceptors (Lipinski definition) is 5. The highest BCUT2D eigenvalue weighted by Crippen LogP contribution is 2.37. The van der Waals surface area contributed by atoms with Crippen LogP contribution in [-0.4, -0.2) is 40.3 Å². The Kier molecular flexibility index (Phi) is 6.33. The van der Waals surface area contributed by atoms with Crippen LogP contribution in [0.4, 0.5) is 5.69 Å². The predicted molar refractivity (Wildman–Crippen MR) is 127 cm³/mol. The van der Waals surface area contributed by atoms with Gasteiger partial charge in [-0.1, -0.05) is 25.3 Å². The lowest BCUT2D eigenvalue weighted by Crippen LogP contribution is -2.41. The van der Waals surface area contributed by atoms with E-state index in [1.165, 1.54) is 18.6 Å². The van der Waals surface area contributed by atoms with E-state index in [4.69, 9.17) is 14.4 Å². The minimum Gasteiger partial charge on any atom is -0.478 e. The van der Waals surface area contributed by atoms with Crippen LogP contribution < -0.4 is 10.8 Å². The lowest BCUT2D eigenvalue weighted by Gasteiger charge is -2.32. The van der Waals surface area contributed by atoms with Crippen molar-refractivity contribution in [1.29, 1.82) is 0 Å². The number of benzene rings is 1. The van der Waals surface area contributed by atoms with E-state index < -0.39 is 24.3 Å². The first kappa shape index (κ1) is 23.5. The molecule has 2 fully saturated rings. The molecule has 2 aliphatic rings. The third-order valence-electron chi connectivity index (χ3n) is 7.20. The van der Waals surface area contributed by atoms with Crippen LogP contribution in [0.25, 0.3) is 0 Å². The lowest BCUT2D eigenvalue weighted by molar-refractivity contribution is -0.118. The molecule has 1 amide bonds. The molecule has 4 rings (SSSR count). The van der Waals surface area contributed by atoms with Gasteiger partial charge in [-0.15, -0.1) is 0 Å². The monoisotopic (exact) mass is 450 g/mol. The van der Waals surface area contributed by atoms with Crippen molar-refractivity contribution in [3.8, 4) is 0 Å². The van der Waals surface area contributed by atoms with Crippen LogP contribution in [0.3, 0.4) is 0 Å². The first-order valence-electron chi connectivity index (χ1n) is 11.5. The second kappa shape index (κ2) is 8.91. The Bertz CT molecular complexity index is 1000. The van der Waals surface area contributed by atoms with Crippen molar-refractivity contribution in [3.05, 3.63) is 53.9 Å². The predicted octanol–water partition coefficient (Wildman–Crippen LogP) is 3.99. The number of carboxylic acids is 1. The molecule has 174 valence electrons. The van der Waals surface area contributed by atoms with Gasteiger partial charge >= 0.3 is 13.1 Å². The summed E-state index contributed by atoms with van der Waals surface area (Å²) in [5.74, 6) is -1.01. The number of aromatic nitrogens is 1. The maximum absolute atomic E-state index is 13.2. The Morgan fingerprint density at radius 3 is 2.21 bits per heavy atom. The van der Waals surface area contributed by atoms with E-state index in [-0.39, 0.29) is 17.4 Å². The van der Waals surface area contributed by atoms with Gasteiger partial charge in [0.25, 0.3) is 0 Å². The number of carbonyl (C=O) groups excluding carboxylic acids is 1. The third-order valence-corrected chi connectivity index (χ3v) is 7.20. The molecule has 1 atom stereocenters. The molecule has 2 N–H and O–H groups in total. The summed E-state index contributed by atoms with van der Waals surface area (Å²) in [4.78, 5) is 28.9. The second-order valence-corrected chi connectivity index (χ2v) is 10.1. The smallest absolute Gasteiger partial charge is 0.478 e. The Labute approximate surface area is 195 Å². The van der Waals surface area contributed by atoms with Gasteiger partial charge in [0.05, 0.1) is 28.4 Å². The fraction of sp³-hybridized carbons (Fsp3) is 0.480. The highest BCUT2D eigenvalue weighted by molar-refractivity contribution is 6.62. The molecule has 0 bridgehead atoms. The average molecular weight is 450 g/mol. The molecule has 8 heteroatoms. The first-order chi connectivity index (χ1) is 15.6. The van der Waals surface area contributed by atoms with Crippen molar-refractivity contribution >= 4 is 30.1 Å². The summed E-state index contributed by atoms with van der Waals surface area (Å²) in [5, 5.41) is 12.0. The Morgan fingerprint density at radius 2 is 1.73 bits per heavy atom. The lowest BCUT2D eigenvalue weighted by atomic mass is 9.77. The topological polar surface area (TPSA) is 97.8 Å². The number of carboxylic acid groups (broad SMARTS) is 1. The highest BCUT2D eigenvalue weighted by Gasteiger charge is 2.51. The summed E-state index contributed by atoms with van der Waals surface area (Å²) in [6.07, 6.45) is 5.93. The summed E-state index contributed by atoms with van der Waals surface area (Å²) in [7, 11) is -0.497. The normalized spacial score (nSPS) is 20.2. The summed E-state index contributed by atoms with van der Waals surface area (Å²) in [6.45, 7) is 8.04. The molecule has 33 heavy (non-hydrogen) atoms. The molecule has 2 heterocycles. The third kappa shape index (κ3) is 4.97. The van der Waals surface area contributed by atoms with Gasteiger partial charge in [-0.2, -0.15) is 0 Å². The van der Waals surface area contributed by atoms with Crippen molar-refractivity contribution in [2.24, 2.45) is 5.92 Å². The Hall–Kier alpha value is -2.71. The zero-order valence-corrected chi connectivity index (χ0v) is 19.6. The van der Waals surface area contributed by atoms with E-state index in [0.717, 1.165) is 24.7 Å². The highest BCUT2D eigenvalue weighted by atomic mass is 16.7. The van der Waals surface area contributed by atoms with Gasteiger partial charge in [0.2, 0.25) is 5.91 Å². The number of hydrogen-bond donors (Lipinski definition) is 2. The number of amides is 1. The van der Waals surface area contributed by atoms with Crippen LogP contribution in [0.1, 0.15) is 75.3 Å².